The van der Waals surface area contributed by atoms with E-state index in [-0.39, 0.29) is 0 Å². The molecule has 0 aliphatic rings. The number of aromatic nitrogens is 1. The zero-order valence-corrected chi connectivity index (χ0v) is 14.9. The Kier molecular flexibility index (Phi) is 6.13. The number of nitrogens with one attached hydrogen (secondary N) is 2. The van der Waals surface area contributed by atoms with E-state index in [1.54, 1.807) is 24.3 Å². The van der Waals surface area contributed by atoms with Crippen LogP contribution in [0.4, 0.5) is 10.5 Å². The summed E-state index contributed by atoms with van der Waals surface area (Å²) in [6.45, 7) is 0. The lowest BCUT2D eigenvalue weighted by atomic mass is 10.3. The van der Waals surface area contributed by atoms with Gasteiger partial charge in [0.15, 0.2) is 0 Å². The van der Waals surface area contributed by atoms with Crippen molar-refractivity contribution in [3.8, 4) is 0 Å². The minimum absolute atomic E-state index is 0.441. The molecule has 5 nitrogen and oxygen atoms in total. The normalized spacial score (nSPS) is 10.3. The number of hydrogen-bond acceptors (Lipinski definition) is 6. The molecule has 0 spiro atoms. The van der Waals surface area contributed by atoms with Crippen LogP contribution in [0.1, 0.15) is 10.4 Å². The van der Waals surface area contributed by atoms with Crippen LogP contribution in [0.2, 0.25) is 5.02 Å². The highest BCUT2D eigenvalue weighted by Gasteiger charge is 2.21. The molecule has 0 fully saturated rings. The number of benzene rings is 1. The van der Waals surface area contributed by atoms with Crippen molar-refractivity contribution in [3.05, 3.63) is 34.9 Å². The number of urea groups is 1. The Morgan fingerprint density at radius 1 is 1.18 bits per heavy atom. The molecule has 0 bridgehead atoms. The van der Waals surface area contributed by atoms with Crippen molar-refractivity contribution in [2.45, 2.75) is 9.24 Å². The molecule has 0 atom stereocenters. The van der Waals surface area contributed by atoms with Gasteiger partial charge in [-0.1, -0.05) is 11.6 Å². The number of anilines is 1. The maximum atomic E-state index is 12.3. The average Bonchev–Trinajstić information content (AvgIpc) is 2.92. The lowest BCUT2D eigenvalue weighted by Crippen LogP contribution is -2.34. The van der Waals surface area contributed by atoms with Crippen molar-refractivity contribution in [1.29, 1.82) is 0 Å². The van der Waals surface area contributed by atoms with Crippen molar-refractivity contribution in [2.75, 3.05) is 17.8 Å². The first-order valence-corrected chi connectivity index (χ1v) is 9.60. The zero-order chi connectivity index (χ0) is 16.1. The maximum absolute atomic E-state index is 12.3. The Bertz CT molecular complexity index is 667. The fraction of sp³-hybridized carbons (Fsp3) is 0.154. The summed E-state index contributed by atoms with van der Waals surface area (Å²) in [5, 5.41) is 6.08. The van der Waals surface area contributed by atoms with Crippen molar-refractivity contribution in [1.82, 2.24) is 9.69 Å². The third-order valence-electron chi connectivity index (χ3n) is 2.56. The molecule has 2 rings (SSSR count). The number of halogens is 1. The minimum Gasteiger partial charge on any atom is -0.308 e. The van der Waals surface area contributed by atoms with Gasteiger partial charge in [-0.05, 0) is 48.3 Å². The number of carbonyl (C=O) groups is 2. The van der Waals surface area contributed by atoms with E-state index >= 15 is 0 Å². The first-order chi connectivity index (χ1) is 10.5. The maximum Gasteiger partial charge on any atom is 0.326 e. The number of rotatable bonds is 4. The predicted molar refractivity (Wildman–Crippen MR) is 93.6 cm³/mol. The van der Waals surface area contributed by atoms with Crippen molar-refractivity contribution in [2.24, 2.45) is 0 Å². The van der Waals surface area contributed by atoms with Gasteiger partial charge >= 0.3 is 6.03 Å². The first-order valence-electron chi connectivity index (χ1n) is 6.00. The van der Waals surface area contributed by atoms with E-state index in [0.717, 1.165) is 4.21 Å². The molecule has 9 heteroatoms. The fourth-order valence-corrected chi connectivity index (χ4v) is 4.00. The summed E-state index contributed by atoms with van der Waals surface area (Å²) in [6, 6.07) is 6.01. The second kappa shape index (κ2) is 7.87. The molecular weight excluding hydrogens is 362 g/mol. The van der Waals surface area contributed by atoms with Crippen LogP contribution >= 0.6 is 46.7 Å². The monoisotopic (exact) mass is 373 g/mol. The van der Waals surface area contributed by atoms with Crippen molar-refractivity contribution >= 4 is 64.3 Å². The highest BCUT2D eigenvalue weighted by Crippen LogP contribution is 2.32. The molecule has 0 aliphatic heterocycles. The second-order valence-corrected chi connectivity index (χ2v) is 7.05. The third kappa shape index (κ3) is 4.16. The lowest BCUT2D eigenvalue weighted by Gasteiger charge is -2.07. The molecule has 2 N–H and O–H groups in total. The van der Waals surface area contributed by atoms with Gasteiger partial charge in [-0.3, -0.25) is 10.1 Å². The van der Waals surface area contributed by atoms with Gasteiger partial charge < -0.3 is 5.32 Å². The Balaban J connectivity index is 2.06. The summed E-state index contributed by atoms with van der Waals surface area (Å²) < 4.78 is 4.98. The number of amides is 3. The van der Waals surface area contributed by atoms with Crippen molar-refractivity contribution in [3.63, 3.8) is 0 Å². The van der Waals surface area contributed by atoms with E-state index < -0.39 is 11.9 Å². The molecule has 3 amide bonds. The van der Waals surface area contributed by atoms with Gasteiger partial charge in [-0.25, -0.2) is 4.79 Å². The van der Waals surface area contributed by atoms with Gasteiger partial charge in [0.1, 0.15) is 5.03 Å². The first kappa shape index (κ1) is 17.1. The zero-order valence-electron chi connectivity index (χ0n) is 11.7. The molecule has 1 heterocycles. The average molecular weight is 374 g/mol. The summed E-state index contributed by atoms with van der Waals surface area (Å²) in [5.41, 5.74) is 0.990. The summed E-state index contributed by atoms with van der Waals surface area (Å²) in [6.07, 6.45) is 3.70. The van der Waals surface area contributed by atoms with Crippen LogP contribution in [0, 0.1) is 0 Å². The number of thioether (sulfide) groups is 2. The van der Waals surface area contributed by atoms with E-state index in [1.807, 2.05) is 12.5 Å². The molecule has 0 saturated heterocycles. The highest BCUT2D eigenvalue weighted by molar-refractivity contribution is 8.01. The van der Waals surface area contributed by atoms with Gasteiger partial charge in [0.25, 0.3) is 5.91 Å². The Hall–Kier alpha value is -1.22. The van der Waals surface area contributed by atoms with E-state index in [4.69, 9.17) is 11.6 Å². The van der Waals surface area contributed by atoms with Gasteiger partial charge in [-0.2, -0.15) is 4.37 Å². The quantitative estimate of drug-likeness (QED) is 0.786. The topological polar surface area (TPSA) is 71.1 Å². The molecular formula is C13H12ClN3O2S3. The van der Waals surface area contributed by atoms with Crippen LogP contribution < -0.4 is 10.6 Å². The van der Waals surface area contributed by atoms with Gasteiger partial charge in [0.05, 0.1) is 9.77 Å². The summed E-state index contributed by atoms with van der Waals surface area (Å²) in [5.74, 6) is -0.464. The number of carbonyl (C=O) groups excluding carboxylic acids is 2. The smallest absolute Gasteiger partial charge is 0.308 e. The molecule has 0 aliphatic carbocycles. The summed E-state index contributed by atoms with van der Waals surface area (Å²) >= 11 is 9.82. The summed E-state index contributed by atoms with van der Waals surface area (Å²) in [7, 11) is 0. The van der Waals surface area contributed by atoms with Crippen LogP contribution in [0.15, 0.2) is 33.5 Å². The van der Waals surface area contributed by atoms with Gasteiger partial charge in [-0.15, -0.1) is 23.5 Å². The number of hydrogen-bond donors (Lipinski definition) is 2. The molecule has 0 saturated carbocycles. The van der Waals surface area contributed by atoms with E-state index in [2.05, 4.69) is 15.0 Å². The molecule has 1 aromatic carbocycles. The van der Waals surface area contributed by atoms with Crippen molar-refractivity contribution < 1.29 is 9.59 Å². The Morgan fingerprint density at radius 3 is 2.45 bits per heavy atom. The molecule has 0 radical (unpaired) electrons. The van der Waals surface area contributed by atoms with Crippen LogP contribution in [0.25, 0.3) is 0 Å². The fourth-order valence-electron chi connectivity index (χ4n) is 1.59. The highest BCUT2D eigenvalue weighted by atomic mass is 35.5. The molecule has 116 valence electrons. The predicted octanol–water partition coefficient (Wildman–Crippen LogP) is 4.20. The SMILES string of the molecule is CSc1nsc(SC)c1C(=O)NC(=O)Nc1ccc(Cl)cc1. The number of imide groups is 1. The lowest BCUT2D eigenvalue weighted by molar-refractivity contribution is 0.0961. The van der Waals surface area contributed by atoms with Crippen LogP contribution in [0.3, 0.4) is 0 Å². The Morgan fingerprint density at radius 2 is 1.86 bits per heavy atom. The second-order valence-electron chi connectivity index (χ2n) is 3.97. The Labute approximate surface area is 145 Å². The largest absolute Gasteiger partial charge is 0.326 e. The third-order valence-corrected chi connectivity index (χ3v) is 5.56. The van der Waals surface area contributed by atoms with Crippen LogP contribution in [-0.2, 0) is 0 Å². The van der Waals surface area contributed by atoms with Gasteiger partial charge in [0.2, 0.25) is 0 Å². The molecule has 0 unspecified atom stereocenters. The number of nitrogens with zero attached hydrogens (tertiary/aromatic N) is 1. The molecule has 22 heavy (non-hydrogen) atoms. The van der Waals surface area contributed by atoms with E-state index in [0.29, 0.717) is 21.3 Å². The minimum atomic E-state index is -0.599. The summed E-state index contributed by atoms with van der Waals surface area (Å²) in [4.78, 5) is 24.2. The van der Waals surface area contributed by atoms with Crippen LogP contribution in [0.5, 0.6) is 0 Å². The standard InChI is InChI=1S/C13H12ClN3O2S3/c1-20-11-9(12(21-2)22-17-11)10(18)16-13(19)15-8-5-3-7(14)4-6-8/h3-6H,1-2H3,(H2,15,16,18,19). The van der Waals surface area contributed by atoms with Gasteiger partial charge in [0, 0.05) is 10.7 Å². The molecule has 2 aromatic rings. The van der Waals surface area contributed by atoms with E-state index in [1.165, 1.54) is 35.1 Å². The molecule has 1 aromatic heterocycles. The van der Waals surface area contributed by atoms with E-state index in [9.17, 15) is 9.59 Å². The van der Waals surface area contributed by atoms with Crippen LogP contribution in [-0.4, -0.2) is 28.8 Å².